The second-order valence-corrected chi connectivity index (χ2v) is 11.5. The van der Waals surface area contributed by atoms with E-state index in [1.54, 1.807) is 12.5 Å². The van der Waals surface area contributed by atoms with Crippen molar-refractivity contribution in [1.82, 2.24) is 9.55 Å². The average molecular weight is 429 g/mol. The molecule has 0 bridgehead atoms. The predicted molar refractivity (Wildman–Crippen MR) is 119 cm³/mol. The summed E-state index contributed by atoms with van der Waals surface area (Å²) in [7, 11) is 0. The van der Waals surface area contributed by atoms with Gasteiger partial charge in [-0.15, -0.1) is 0 Å². The van der Waals surface area contributed by atoms with Crippen molar-refractivity contribution in [2.24, 2.45) is 40.4 Å². The van der Waals surface area contributed by atoms with Crippen LogP contribution in [0.4, 0.5) is 0 Å². The molecule has 0 amide bonds. The van der Waals surface area contributed by atoms with Gasteiger partial charge in [-0.05, 0) is 85.9 Å². The number of imidazole rings is 1. The molecule has 1 N–H and O–H groups in total. The minimum atomic E-state index is -0.130. The van der Waals surface area contributed by atoms with E-state index < -0.39 is 0 Å². The van der Waals surface area contributed by atoms with Gasteiger partial charge in [0, 0.05) is 24.7 Å². The molecule has 0 radical (unpaired) electrons. The molecular weight excluding hydrogens is 388 g/mol. The molecule has 1 aromatic rings. The summed E-state index contributed by atoms with van der Waals surface area (Å²) in [5.74, 6) is 3.30. The lowest BCUT2D eigenvalue weighted by atomic mass is 9.44. The van der Waals surface area contributed by atoms with Gasteiger partial charge in [-0.1, -0.05) is 20.3 Å². The summed E-state index contributed by atoms with van der Waals surface area (Å²) in [5, 5.41) is 11.1. The van der Waals surface area contributed by atoms with Gasteiger partial charge in [0.25, 0.3) is 0 Å². The van der Waals surface area contributed by atoms with Gasteiger partial charge >= 0.3 is 0 Å². The molecule has 172 valence electrons. The number of rotatable bonds is 6. The van der Waals surface area contributed by atoms with Crippen LogP contribution in [-0.4, -0.2) is 33.2 Å². The first kappa shape index (κ1) is 21.6. The van der Waals surface area contributed by atoms with Crippen LogP contribution in [0.15, 0.2) is 18.7 Å². The van der Waals surface area contributed by atoms with Crippen molar-refractivity contribution in [2.75, 3.05) is 6.61 Å². The molecule has 1 aromatic heterocycles. The number of aliphatic hydroxyl groups is 1. The third-order valence-corrected chi connectivity index (χ3v) is 10.4. The zero-order valence-corrected chi connectivity index (χ0v) is 19.3. The van der Waals surface area contributed by atoms with Crippen LogP contribution in [0.5, 0.6) is 0 Å². The van der Waals surface area contributed by atoms with Gasteiger partial charge in [0.2, 0.25) is 0 Å². The Bertz CT molecular complexity index is 780. The normalized spacial score (nSPS) is 44.4. The Morgan fingerprint density at radius 2 is 2.00 bits per heavy atom. The van der Waals surface area contributed by atoms with Gasteiger partial charge in [-0.25, -0.2) is 4.98 Å². The van der Waals surface area contributed by atoms with Crippen LogP contribution >= 0.6 is 0 Å². The minimum absolute atomic E-state index is 0.103. The number of carbonyl (C=O) groups excluding carboxylic acids is 1. The van der Waals surface area contributed by atoms with Gasteiger partial charge in [0.05, 0.1) is 19.0 Å². The maximum absolute atomic E-state index is 13.2. The highest BCUT2D eigenvalue weighted by Crippen LogP contribution is 2.67. The highest BCUT2D eigenvalue weighted by atomic mass is 16.5. The Labute approximate surface area is 187 Å². The zero-order chi connectivity index (χ0) is 21.6. The predicted octanol–water partition coefficient (Wildman–Crippen LogP) is 4.84. The SMILES string of the molecule is C[C@]12CC[C@H]3[C@@H](CC[C@H]4CCCC(O)[C@@]43C)[C@@H]1CC[C@@H]2C(=O)CCOCn1ccnc1. The third-order valence-electron chi connectivity index (χ3n) is 10.4. The molecule has 4 aliphatic rings. The lowest BCUT2D eigenvalue weighted by Crippen LogP contribution is -2.57. The van der Waals surface area contributed by atoms with Crippen LogP contribution in [0.25, 0.3) is 0 Å². The molecule has 4 saturated carbocycles. The zero-order valence-electron chi connectivity index (χ0n) is 19.3. The van der Waals surface area contributed by atoms with E-state index >= 15 is 0 Å². The Morgan fingerprint density at radius 1 is 1.13 bits per heavy atom. The molecule has 0 saturated heterocycles. The largest absolute Gasteiger partial charge is 0.393 e. The summed E-state index contributed by atoms with van der Waals surface area (Å²) >= 11 is 0. The van der Waals surface area contributed by atoms with Crippen molar-refractivity contribution in [1.29, 1.82) is 0 Å². The number of ether oxygens (including phenoxy) is 1. The summed E-state index contributed by atoms with van der Waals surface area (Å²) in [4.78, 5) is 17.3. The molecule has 8 atom stereocenters. The topological polar surface area (TPSA) is 64.3 Å². The Balaban J connectivity index is 1.24. The van der Waals surface area contributed by atoms with Gasteiger partial charge in [-0.2, -0.15) is 0 Å². The van der Waals surface area contributed by atoms with Crippen molar-refractivity contribution >= 4 is 5.78 Å². The Kier molecular flexibility index (Phi) is 5.79. The molecule has 5 nitrogen and oxygen atoms in total. The van der Waals surface area contributed by atoms with Crippen molar-refractivity contribution < 1.29 is 14.6 Å². The monoisotopic (exact) mass is 428 g/mol. The van der Waals surface area contributed by atoms with Crippen molar-refractivity contribution in [2.45, 2.75) is 90.9 Å². The molecular formula is C26H40N2O3. The molecule has 1 heterocycles. The van der Waals surface area contributed by atoms with Crippen LogP contribution in [0.1, 0.15) is 78.1 Å². The first-order valence-electron chi connectivity index (χ1n) is 12.7. The lowest BCUT2D eigenvalue weighted by Gasteiger charge is -2.61. The molecule has 0 spiro atoms. The number of Topliss-reactive ketones (excluding diaryl/α,β-unsaturated/α-hetero) is 1. The van der Waals surface area contributed by atoms with E-state index in [1.807, 2.05) is 10.8 Å². The number of ketones is 1. The number of hydrogen-bond acceptors (Lipinski definition) is 4. The van der Waals surface area contributed by atoms with Gasteiger partial charge in [0.1, 0.15) is 12.5 Å². The van der Waals surface area contributed by atoms with Crippen LogP contribution < -0.4 is 0 Å². The maximum atomic E-state index is 13.2. The number of aromatic nitrogens is 2. The van der Waals surface area contributed by atoms with E-state index in [1.165, 1.54) is 38.5 Å². The number of fused-ring (bicyclic) bond motifs is 5. The first-order valence-corrected chi connectivity index (χ1v) is 12.7. The summed E-state index contributed by atoms with van der Waals surface area (Å²) in [6.45, 7) is 5.79. The second-order valence-electron chi connectivity index (χ2n) is 11.5. The Morgan fingerprint density at radius 3 is 2.81 bits per heavy atom. The molecule has 31 heavy (non-hydrogen) atoms. The molecule has 5 rings (SSSR count). The first-order chi connectivity index (χ1) is 14.9. The van der Waals surface area contributed by atoms with E-state index in [2.05, 4.69) is 18.8 Å². The highest BCUT2D eigenvalue weighted by Gasteiger charge is 2.62. The summed E-state index contributed by atoms with van der Waals surface area (Å²) < 4.78 is 7.61. The van der Waals surface area contributed by atoms with E-state index in [9.17, 15) is 9.90 Å². The standard InChI is InChI=1S/C26H40N2O3/c1-25-12-10-21-19(7-6-18-4-3-5-24(30)26(18,21)2)20(25)8-9-22(25)23(29)11-15-31-17-28-14-13-27-16-28/h13-14,16,18-22,24,30H,3-12,15,17H2,1-2H3/t18-,19+,20+,21+,22-,24?,25+,26+/m1/s1. The van der Waals surface area contributed by atoms with E-state index in [0.29, 0.717) is 49.2 Å². The summed E-state index contributed by atoms with van der Waals surface area (Å²) in [6, 6.07) is 0. The van der Waals surface area contributed by atoms with Gasteiger partial charge < -0.3 is 14.4 Å². The fourth-order valence-electron chi connectivity index (χ4n) is 8.72. The molecule has 4 aliphatic carbocycles. The molecule has 1 unspecified atom stereocenters. The summed E-state index contributed by atoms with van der Waals surface area (Å²) in [6.07, 6.45) is 16.4. The van der Waals surface area contributed by atoms with Crippen molar-refractivity contribution in [3.63, 3.8) is 0 Å². The number of carbonyl (C=O) groups is 1. The van der Waals surface area contributed by atoms with Crippen LogP contribution in [0.2, 0.25) is 0 Å². The number of aliphatic hydroxyl groups excluding tert-OH is 1. The molecule has 0 aromatic carbocycles. The fourth-order valence-corrected chi connectivity index (χ4v) is 8.72. The van der Waals surface area contributed by atoms with Crippen molar-refractivity contribution in [3.05, 3.63) is 18.7 Å². The van der Waals surface area contributed by atoms with E-state index in [-0.39, 0.29) is 22.9 Å². The van der Waals surface area contributed by atoms with E-state index in [4.69, 9.17) is 4.74 Å². The second kappa shape index (κ2) is 8.30. The number of nitrogens with zero attached hydrogens (tertiary/aromatic N) is 2. The van der Waals surface area contributed by atoms with Gasteiger partial charge in [0.15, 0.2) is 0 Å². The Hall–Kier alpha value is -1.20. The van der Waals surface area contributed by atoms with Crippen LogP contribution in [0, 0.1) is 40.4 Å². The van der Waals surface area contributed by atoms with Gasteiger partial charge in [-0.3, -0.25) is 4.79 Å². The quantitative estimate of drug-likeness (QED) is 0.659. The third kappa shape index (κ3) is 3.51. The average Bonchev–Trinajstić information content (AvgIpc) is 3.39. The van der Waals surface area contributed by atoms with E-state index in [0.717, 1.165) is 19.3 Å². The lowest BCUT2D eigenvalue weighted by molar-refractivity contribution is -0.165. The highest BCUT2D eigenvalue weighted by molar-refractivity contribution is 5.82. The fraction of sp³-hybridized carbons (Fsp3) is 0.846. The minimum Gasteiger partial charge on any atom is -0.393 e. The molecule has 5 heteroatoms. The van der Waals surface area contributed by atoms with Crippen LogP contribution in [-0.2, 0) is 16.3 Å². The molecule has 0 aliphatic heterocycles. The maximum Gasteiger partial charge on any atom is 0.138 e. The van der Waals surface area contributed by atoms with Crippen LogP contribution in [0.3, 0.4) is 0 Å². The van der Waals surface area contributed by atoms with Crippen molar-refractivity contribution in [3.8, 4) is 0 Å². The number of hydrogen-bond donors (Lipinski definition) is 1. The summed E-state index contributed by atoms with van der Waals surface area (Å²) in [5.41, 5.74) is 0.247. The molecule has 4 fully saturated rings. The smallest absolute Gasteiger partial charge is 0.138 e.